The lowest BCUT2D eigenvalue weighted by atomic mass is 10.0. The minimum Gasteiger partial charge on any atom is -0.370 e. The Morgan fingerprint density at radius 3 is 2.47 bits per heavy atom. The van der Waals surface area contributed by atoms with E-state index in [-0.39, 0.29) is 23.9 Å². The number of carbonyl (C=O) groups is 3. The smallest absolute Gasteiger partial charge is 0.259 e. The number of ketones is 2. The van der Waals surface area contributed by atoms with Crippen molar-refractivity contribution in [3.63, 3.8) is 0 Å². The zero-order valence-corrected chi connectivity index (χ0v) is 20.4. The molecule has 0 saturated heterocycles. The van der Waals surface area contributed by atoms with Crippen LogP contribution in [-0.2, 0) is 16.1 Å². The number of amides is 1. The molecular formula is C29H32N2O3. The SMILES string of the molecule is C=Cc1cccc(/C(=C/C)N(C)Cc2cccc3c2C(=O)N(C(CCC(C)=O)C(C)=O)C3=C)c1. The number of nitrogens with zero attached hydrogens (tertiary/aromatic N) is 2. The van der Waals surface area contributed by atoms with Gasteiger partial charge in [0.15, 0.2) is 5.78 Å². The number of carbonyl (C=O) groups excluding carboxylic acids is 3. The molecule has 0 saturated carbocycles. The number of hydrogen-bond acceptors (Lipinski definition) is 4. The van der Waals surface area contributed by atoms with Crippen LogP contribution in [0.5, 0.6) is 0 Å². The van der Waals surface area contributed by atoms with Crippen molar-refractivity contribution in [1.82, 2.24) is 9.80 Å². The van der Waals surface area contributed by atoms with Crippen LogP contribution in [0.4, 0.5) is 0 Å². The van der Waals surface area contributed by atoms with Crippen LogP contribution in [0.2, 0.25) is 0 Å². The van der Waals surface area contributed by atoms with Crippen molar-refractivity contribution in [2.75, 3.05) is 7.05 Å². The van der Waals surface area contributed by atoms with Gasteiger partial charge in [-0.2, -0.15) is 0 Å². The molecule has 2 aromatic carbocycles. The second kappa shape index (κ2) is 10.5. The summed E-state index contributed by atoms with van der Waals surface area (Å²) >= 11 is 0. The molecule has 1 atom stereocenters. The summed E-state index contributed by atoms with van der Waals surface area (Å²) in [5.41, 5.74) is 5.82. The molecule has 3 rings (SSSR count). The number of hydrogen-bond donors (Lipinski definition) is 0. The molecule has 0 N–H and O–H groups in total. The molecule has 0 aromatic heterocycles. The van der Waals surface area contributed by atoms with Crippen molar-refractivity contribution >= 4 is 34.9 Å². The number of benzene rings is 2. The van der Waals surface area contributed by atoms with Gasteiger partial charge in [0.05, 0.1) is 11.6 Å². The number of allylic oxidation sites excluding steroid dienone is 1. The van der Waals surface area contributed by atoms with Crippen LogP contribution in [0.1, 0.15) is 66.2 Å². The zero-order valence-electron chi connectivity index (χ0n) is 20.4. The number of fused-ring (bicyclic) bond motifs is 1. The summed E-state index contributed by atoms with van der Waals surface area (Å²) < 4.78 is 0. The summed E-state index contributed by atoms with van der Waals surface area (Å²) in [6.45, 7) is 13.4. The van der Waals surface area contributed by atoms with Crippen molar-refractivity contribution < 1.29 is 14.4 Å². The lowest BCUT2D eigenvalue weighted by Gasteiger charge is -2.27. The second-order valence-corrected chi connectivity index (χ2v) is 8.69. The Morgan fingerprint density at radius 2 is 1.85 bits per heavy atom. The van der Waals surface area contributed by atoms with E-state index < -0.39 is 6.04 Å². The van der Waals surface area contributed by atoms with Crippen LogP contribution < -0.4 is 0 Å². The molecule has 0 fully saturated rings. The Kier molecular flexibility index (Phi) is 7.67. The minimum absolute atomic E-state index is 0.0113. The molecule has 2 aromatic rings. The molecule has 34 heavy (non-hydrogen) atoms. The van der Waals surface area contributed by atoms with Crippen molar-refractivity contribution in [2.24, 2.45) is 0 Å². The lowest BCUT2D eigenvalue weighted by molar-refractivity contribution is -0.121. The molecule has 1 aliphatic rings. The summed E-state index contributed by atoms with van der Waals surface area (Å²) in [6, 6.07) is 13.2. The van der Waals surface area contributed by atoms with Gasteiger partial charge in [-0.3, -0.25) is 14.5 Å². The van der Waals surface area contributed by atoms with Crippen molar-refractivity contribution in [2.45, 2.75) is 46.2 Å². The van der Waals surface area contributed by atoms with E-state index in [0.717, 1.165) is 28.0 Å². The zero-order chi connectivity index (χ0) is 25.0. The molecule has 0 spiro atoms. The molecular weight excluding hydrogens is 424 g/mol. The summed E-state index contributed by atoms with van der Waals surface area (Å²) in [6.07, 6.45) is 4.39. The quantitative estimate of drug-likeness (QED) is 0.469. The predicted molar refractivity (Wildman–Crippen MR) is 138 cm³/mol. The maximum Gasteiger partial charge on any atom is 0.259 e. The van der Waals surface area contributed by atoms with Crippen molar-refractivity contribution in [3.05, 3.63) is 89.5 Å². The molecule has 1 unspecified atom stereocenters. The third-order valence-corrected chi connectivity index (χ3v) is 6.25. The highest BCUT2D eigenvalue weighted by molar-refractivity contribution is 6.12. The molecule has 176 valence electrons. The van der Waals surface area contributed by atoms with Crippen LogP contribution >= 0.6 is 0 Å². The third-order valence-electron chi connectivity index (χ3n) is 6.25. The number of rotatable bonds is 10. The Labute approximate surface area is 202 Å². The fourth-order valence-corrected chi connectivity index (χ4v) is 4.55. The van der Waals surface area contributed by atoms with E-state index in [9.17, 15) is 14.4 Å². The maximum atomic E-state index is 13.6. The highest BCUT2D eigenvalue weighted by atomic mass is 16.2. The van der Waals surface area contributed by atoms with Crippen LogP contribution in [0.3, 0.4) is 0 Å². The highest BCUT2D eigenvalue weighted by Gasteiger charge is 2.39. The Morgan fingerprint density at radius 1 is 1.15 bits per heavy atom. The van der Waals surface area contributed by atoms with E-state index in [1.807, 2.05) is 56.5 Å². The summed E-state index contributed by atoms with van der Waals surface area (Å²) in [7, 11) is 1.99. The molecule has 0 aliphatic carbocycles. The average Bonchev–Trinajstić information content (AvgIpc) is 3.05. The molecule has 5 nitrogen and oxygen atoms in total. The van der Waals surface area contributed by atoms with E-state index in [1.54, 1.807) is 0 Å². The molecule has 1 amide bonds. The van der Waals surface area contributed by atoms with Gasteiger partial charge in [-0.1, -0.05) is 61.7 Å². The Balaban J connectivity index is 1.93. The first-order chi connectivity index (χ1) is 16.2. The van der Waals surface area contributed by atoms with Crippen molar-refractivity contribution in [1.29, 1.82) is 0 Å². The second-order valence-electron chi connectivity index (χ2n) is 8.69. The first kappa shape index (κ1) is 24.9. The largest absolute Gasteiger partial charge is 0.370 e. The van der Waals surface area contributed by atoms with Gasteiger partial charge < -0.3 is 9.69 Å². The summed E-state index contributed by atoms with van der Waals surface area (Å²) in [5.74, 6) is -0.397. The van der Waals surface area contributed by atoms with E-state index >= 15 is 0 Å². The van der Waals surface area contributed by atoms with Gasteiger partial charge in [-0.15, -0.1) is 0 Å². The molecule has 1 aliphatic heterocycles. The van der Waals surface area contributed by atoms with Gasteiger partial charge in [-0.25, -0.2) is 0 Å². The standard InChI is InChI=1S/C29H32N2O3/c1-7-22-11-9-12-23(17-22)26(8-2)30(6)18-24-13-10-14-25-20(4)31(29(34)28(24)25)27(21(5)33)16-15-19(3)32/h7-14,17,27H,1,4,15-16,18H2,2-3,5-6H3/b26-8-. The van der Waals surface area contributed by atoms with Crippen LogP contribution in [0.25, 0.3) is 17.5 Å². The first-order valence-corrected chi connectivity index (χ1v) is 11.4. The summed E-state index contributed by atoms with van der Waals surface area (Å²) in [5, 5.41) is 0. The topological polar surface area (TPSA) is 57.7 Å². The Hall–Kier alpha value is -3.73. The van der Waals surface area contributed by atoms with Gasteiger partial charge >= 0.3 is 0 Å². The number of Topliss-reactive ketones (excluding diaryl/α,β-unsaturated/α-hetero) is 2. The van der Waals surface area contributed by atoms with Crippen LogP contribution in [-0.4, -0.2) is 40.4 Å². The van der Waals surface area contributed by atoms with Gasteiger partial charge in [0.1, 0.15) is 5.78 Å². The summed E-state index contributed by atoms with van der Waals surface area (Å²) in [4.78, 5) is 41.1. The van der Waals surface area contributed by atoms with Crippen molar-refractivity contribution in [3.8, 4) is 0 Å². The van der Waals surface area contributed by atoms with E-state index in [1.165, 1.54) is 18.7 Å². The highest BCUT2D eigenvalue weighted by Crippen LogP contribution is 2.37. The van der Waals surface area contributed by atoms with Gasteiger partial charge in [0, 0.05) is 37.0 Å². The molecule has 0 radical (unpaired) electrons. The molecule has 1 heterocycles. The third kappa shape index (κ3) is 4.93. The van der Waals surface area contributed by atoms with Crippen LogP contribution in [0, 0.1) is 0 Å². The fraction of sp³-hybridized carbons (Fsp3) is 0.276. The van der Waals surface area contributed by atoms with Gasteiger partial charge in [0.2, 0.25) is 0 Å². The van der Waals surface area contributed by atoms with Gasteiger partial charge in [0.25, 0.3) is 5.91 Å². The first-order valence-electron chi connectivity index (χ1n) is 11.4. The van der Waals surface area contributed by atoms with E-state index in [2.05, 4.69) is 30.2 Å². The average molecular weight is 457 g/mol. The monoisotopic (exact) mass is 456 g/mol. The lowest BCUT2D eigenvalue weighted by Crippen LogP contribution is -2.40. The van der Waals surface area contributed by atoms with Crippen LogP contribution in [0.15, 0.2) is 61.7 Å². The molecule has 5 heteroatoms. The van der Waals surface area contributed by atoms with E-state index in [0.29, 0.717) is 24.2 Å². The maximum absolute atomic E-state index is 13.6. The van der Waals surface area contributed by atoms with Gasteiger partial charge in [-0.05, 0) is 49.9 Å². The fourth-order valence-electron chi connectivity index (χ4n) is 4.55. The minimum atomic E-state index is -0.699. The normalized spacial score (nSPS) is 14.1. The van der Waals surface area contributed by atoms with E-state index in [4.69, 9.17) is 0 Å². The molecule has 0 bridgehead atoms. The predicted octanol–water partition coefficient (Wildman–Crippen LogP) is 5.58. The Bertz CT molecular complexity index is 1190.